The number of nitrogens with zero attached hydrogens (tertiary/aromatic N) is 4. The van der Waals surface area contributed by atoms with Crippen molar-refractivity contribution >= 4 is 28.2 Å². The summed E-state index contributed by atoms with van der Waals surface area (Å²) in [6.45, 7) is 10.2. The highest BCUT2D eigenvalue weighted by Gasteiger charge is 2.40. The SMILES string of the molecule is C=C(c1c(OC)cc(OC)cc1OC)C1N(CC)c2nc3ccccc3nc2N1CC. The molecule has 0 saturated carbocycles. The van der Waals surface area contributed by atoms with Crippen molar-refractivity contribution in [3.05, 3.63) is 48.5 Å². The highest BCUT2D eigenvalue weighted by molar-refractivity contribution is 5.89. The molecule has 0 aliphatic carbocycles. The smallest absolute Gasteiger partial charge is 0.174 e. The second-order valence-electron chi connectivity index (χ2n) is 7.24. The van der Waals surface area contributed by atoms with Gasteiger partial charge in [-0.3, -0.25) is 0 Å². The predicted molar refractivity (Wildman–Crippen MR) is 124 cm³/mol. The molecule has 0 bridgehead atoms. The van der Waals surface area contributed by atoms with E-state index in [2.05, 4.69) is 30.2 Å². The quantitative estimate of drug-likeness (QED) is 0.563. The largest absolute Gasteiger partial charge is 0.496 e. The summed E-state index contributed by atoms with van der Waals surface area (Å²) in [7, 11) is 4.90. The van der Waals surface area contributed by atoms with E-state index < -0.39 is 0 Å². The second kappa shape index (κ2) is 8.34. The van der Waals surface area contributed by atoms with Crippen molar-refractivity contribution in [1.82, 2.24) is 9.97 Å². The maximum atomic E-state index is 5.70. The van der Waals surface area contributed by atoms with E-state index in [0.29, 0.717) is 17.2 Å². The Kier molecular flexibility index (Phi) is 5.59. The molecule has 31 heavy (non-hydrogen) atoms. The average Bonchev–Trinajstić information content (AvgIpc) is 3.13. The van der Waals surface area contributed by atoms with Gasteiger partial charge < -0.3 is 24.0 Å². The molecular weight excluding hydrogens is 392 g/mol. The molecule has 0 radical (unpaired) electrons. The van der Waals surface area contributed by atoms with Crippen molar-refractivity contribution < 1.29 is 14.2 Å². The van der Waals surface area contributed by atoms with Crippen molar-refractivity contribution in [3.63, 3.8) is 0 Å². The van der Waals surface area contributed by atoms with E-state index in [1.165, 1.54) is 0 Å². The molecule has 0 fully saturated rings. The Hall–Kier alpha value is -3.48. The van der Waals surface area contributed by atoms with Crippen molar-refractivity contribution in [3.8, 4) is 17.2 Å². The van der Waals surface area contributed by atoms with Gasteiger partial charge in [-0.2, -0.15) is 0 Å². The Bertz CT molecular complexity index is 1060. The van der Waals surface area contributed by atoms with Crippen LogP contribution in [0.1, 0.15) is 19.4 Å². The molecule has 7 heteroatoms. The first-order valence-electron chi connectivity index (χ1n) is 10.4. The van der Waals surface area contributed by atoms with E-state index in [-0.39, 0.29) is 6.17 Å². The number of likely N-dealkylation sites (N-methyl/N-ethyl adjacent to an activating group) is 2. The fraction of sp³-hybridized carbons (Fsp3) is 0.333. The third-order valence-electron chi connectivity index (χ3n) is 5.70. The van der Waals surface area contributed by atoms with Gasteiger partial charge in [-0.15, -0.1) is 0 Å². The van der Waals surface area contributed by atoms with Gasteiger partial charge in [0.05, 0.1) is 37.9 Å². The summed E-state index contributed by atoms with van der Waals surface area (Å²) in [6.07, 6.45) is -0.169. The first kappa shape index (κ1) is 20.8. The van der Waals surface area contributed by atoms with Gasteiger partial charge >= 0.3 is 0 Å². The molecule has 1 aromatic heterocycles. The molecule has 0 amide bonds. The van der Waals surface area contributed by atoms with Crippen molar-refractivity contribution in [1.29, 1.82) is 0 Å². The summed E-state index contributed by atoms with van der Waals surface area (Å²) in [6, 6.07) is 11.6. The molecule has 4 rings (SSSR count). The summed E-state index contributed by atoms with van der Waals surface area (Å²) in [5, 5.41) is 0. The van der Waals surface area contributed by atoms with Crippen LogP contribution in [0.3, 0.4) is 0 Å². The minimum atomic E-state index is -0.169. The third-order valence-corrected chi connectivity index (χ3v) is 5.70. The van der Waals surface area contributed by atoms with Crippen molar-refractivity contribution in [2.45, 2.75) is 20.0 Å². The molecule has 1 aliphatic heterocycles. The summed E-state index contributed by atoms with van der Waals surface area (Å²) < 4.78 is 16.8. The summed E-state index contributed by atoms with van der Waals surface area (Å²) in [5.41, 5.74) is 3.41. The van der Waals surface area contributed by atoms with Gasteiger partial charge in [-0.25, -0.2) is 9.97 Å². The molecule has 0 atom stereocenters. The van der Waals surface area contributed by atoms with Gasteiger partial charge in [-0.1, -0.05) is 18.7 Å². The molecule has 0 saturated heterocycles. The number of aromatic nitrogens is 2. The molecule has 2 heterocycles. The zero-order chi connectivity index (χ0) is 22.1. The van der Waals surface area contributed by atoms with E-state index >= 15 is 0 Å². The Morgan fingerprint density at radius 3 is 1.74 bits per heavy atom. The number of rotatable bonds is 7. The van der Waals surface area contributed by atoms with Crippen LogP contribution >= 0.6 is 0 Å². The first-order chi connectivity index (χ1) is 15.1. The van der Waals surface area contributed by atoms with E-state index in [1.54, 1.807) is 21.3 Å². The Balaban J connectivity index is 1.87. The molecule has 0 spiro atoms. The van der Waals surface area contributed by atoms with Crippen LogP contribution < -0.4 is 24.0 Å². The standard InChI is InChI=1S/C24H28N4O3/c1-7-27-22-23(26-18-12-10-9-11-17(18)25-22)28(8-2)24(27)15(3)21-19(30-5)13-16(29-4)14-20(21)31-6/h9-14,24H,3,7-8H2,1-2,4-6H3. The molecule has 7 nitrogen and oxygen atoms in total. The van der Waals surface area contributed by atoms with Crippen LogP contribution in [0.2, 0.25) is 0 Å². The van der Waals surface area contributed by atoms with Crippen LogP contribution in [0.15, 0.2) is 43.0 Å². The lowest BCUT2D eigenvalue weighted by Crippen LogP contribution is -2.44. The lowest BCUT2D eigenvalue weighted by molar-refractivity contribution is 0.373. The zero-order valence-corrected chi connectivity index (χ0v) is 18.7. The average molecular weight is 421 g/mol. The van der Waals surface area contributed by atoms with Gasteiger partial charge in [0.15, 0.2) is 11.6 Å². The van der Waals surface area contributed by atoms with Crippen molar-refractivity contribution in [2.24, 2.45) is 0 Å². The summed E-state index contributed by atoms with van der Waals surface area (Å²) in [4.78, 5) is 14.3. The van der Waals surface area contributed by atoms with Crippen LogP contribution in [0.4, 0.5) is 11.6 Å². The van der Waals surface area contributed by atoms with Gasteiger partial charge in [0.2, 0.25) is 0 Å². The number of anilines is 2. The Labute approximate surface area is 182 Å². The summed E-state index contributed by atoms with van der Waals surface area (Å²) >= 11 is 0. The fourth-order valence-electron chi connectivity index (χ4n) is 4.24. The van der Waals surface area contributed by atoms with E-state index in [4.69, 9.17) is 24.2 Å². The second-order valence-corrected chi connectivity index (χ2v) is 7.24. The number of methoxy groups -OCH3 is 3. The number of fused-ring (bicyclic) bond motifs is 2. The maximum absolute atomic E-state index is 5.70. The molecule has 162 valence electrons. The molecule has 1 aliphatic rings. The number of hydrogen-bond acceptors (Lipinski definition) is 7. The minimum Gasteiger partial charge on any atom is -0.496 e. The van der Waals surface area contributed by atoms with Crippen LogP contribution in [0, 0.1) is 0 Å². The Morgan fingerprint density at radius 1 is 0.871 bits per heavy atom. The first-order valence-corrected chi connectivity index (χ1v) is 10.4. The maximum Gasteiger partial charge on any atom is 0.174 e. The van der Waals surface area contributed by atoms with Crippen molar-refractivity contribution in [2.75, 3.05) is 44.2 Å². The molecule has 0 unspecified atom stereocenters. The molecule has 3 aromatic rings. The highest BCUT2D eigenvalue weighted by Crippen LogP contribution is 2.46. The molecule has 2 aromatic carbocycles. The predicted octanol–water partition coefficient (Wildman–Crippen LogP) is 4.36. The highest BCUT2D eigenvalue weighted by atomic mass is 16.5. The fourth-order valence-corrected chi connectivity index (χ4v) is 4.24. The minimum absolute atomic E-state index is 0.169. The number of hydrogen-bond donors (Lipinski definition) is 0. The van der Waals surface area contributed by atoms with Gasteiger partial charge in [-0.05, 0) is 26.0 Å². The number of ether oxygens (including phenoxy) is 3. The van der Waals surface area contributed by atoms with E-state index in [0.717, 1.165) is 46.9 Å². The molecule has 0 N–H and O–H groups in total. The van der Waals surface area contributed by atoms with Crippen LogP contribution in [-0.4, -0.2) is 50.6 Å². The normalized spacial score (nSPS) is 13.5. The lowest BCUT2D eigenvalue weighted by Gasteiger charge is -2.33. The van der Waals surface area contributed by atoms with Gasteiger partial charge in [0, 0.05) is 30.8 Å². The lowest BCUT2D eigenvalue weighted by atomic mass is 10.0. The van der Waals surface area contributed by atoms with Gasteiger partial charge in [0.25, 0.3) is 0 Å². The van der Waals surface area contributed by atoms with Crippen LogP contribution in [0.5, 0.6) is 17.2 Å². The monoisotopic (exact) mass is 420 g/mol. The number of para-hydroxylation sites is 2. The Morgan fingerprint density at radius 2 is 1.35 bits per heavy atom. The zero-order valence-electron chi connectivity index (χ0n) is 18.7. The van der Waals surface area contributed by atoms with Crippen LogP contribution in [0.25, 0.3) is 16.6 Å². The van der Waals surface area contributed by atoms with Gasteiger partial charge in [0.1, 0.15) is 23.4 Å². The summed E-state index contributed by atoms with van der Waals surface area (Å²) in [5.74, 6) is 3.68. The van der Waals surface area contributed by atoms with E-state index in [1.807, 2.05) is 36.4 Å². The molecular formula is C24H28N4O3. The third kappa shape index (κ3) is 3.30. The van der Waals surface area contributed by atoms with Crippen LogP contribution in [-0.2, 0) is 0 Å². The number of benzene rings is 2. The van der Waals surface area contributed by atoms with E-state index in [9.17, 15) is 0 Å². The topological polar surface area (TPSA) is 60.0 Å².